The molecule has 4 amide bonds. The highest BCUT2D eigenvalue weighted by Crippen LogP contribution is 2.13. The average Bonchev–Trinajstić information content (AvgIpc) is 2.37. The number of nitrogens with one attached hydrogen (secondary N) is 2. The zero-order valence-corrected chi connectivity index (χ0v) is 12.4. The Morgan fingerprint density at radius 3 is 2.57 bits per heavy atom. The Balaban J connectivity index is 2.51. The lowest BCUT2D eigenvalue weighted by atomic mass is 9.98. The molecule has 1 fully saturated rings. The van der Waals surface area contributed by atoms with Crippen LogP contribution in [0.4, 0.5) is 4.79 Å². The Hall–Kier alpha value is -2.12. The molecule has 1 rings (SSSR count). The zero-order chi connectivity index (χ0) is 16.2. The molecule has 1 atom stereocenters. The lowest BCUT2D eigenvalue weighted by molar-refractivity contribution is -0.147. The minimum absolute atomic E-state index is 0.0626. The summed E-state index contributed by atoms with van der Waals surface area (Å²) in [6.07, 6.45) is 0.681. The molecule has 0 aromatic carbocycles. The fraction of sp³-hybridized carbons (Fsp3) is 0.692. The summed E-state index contributed by atoms with van der Waals surface area (Å²) in [6, 6.07) is -1.28. The van der Waals surface area contributed by atoms with Gasteiger partial charge in [-0.1, -0.05) is 0 Å². The summed E-state index contributed by atoms with van der Waals surface area (Å²) in [5.41, 5.74) is -0.706. The van der Waals surface area contributed by atoms with Crippen molar-refractivity contribution in [3.63, 3.8) is 0 Å². The van der Waals surface area contributed by atoms with E-state index in [4.69, 9.17) is 5.11 Å². The van der Waals surface area contributed by atoms with Gasteiger partial charge in [0.2, 0.25) is 5.91 Å². The molecule has 1 saturated heterocycles. The SMILES string of the molecule is CN1C(=O)CCC(NC(=O)NC(C)(C)CCC(=O)O)C1=O. The summed E-state index contributed by atoms with van der Waals surface area (Å²) in [5, 5.41) is 13.8. The predicted molar refractivity (Wildman–Crippen MR) is 73.4 cm³/mol. The lowest BCUT2D eigenvalue weighted by Gasteiger charge is -2.30. The second kappa shape index (κ2) is 6.55. The van der Waals surface area contributed by atoms with E-state index in [1.165, 1.54) is 7.05 Å². The summed E-state index contributed by atoms with van der Waals surface area (Å²) >= 11 is 0. The van der Waals surface area contributed by atoms with Gasteiger partial charge in [-0.25, -0.2) is 4.79 Å². The molecule has 0 saturated carbocycles. The van der Waals surface area contributed by atoms with Crippen molar-refractivity contribution in [2.24, 2.45) is 0 Å². The van der Waals surface area contributed by atoms with E-state index >= 15 is 0 Å². The molecule has 1 aliphatic rings. The summed E-state index contributed by atoms with van der Waals surface area (Å²) in [5.74, 6) is -1.64. The van der Waals surface area contributed by atoms with Crippen LogP contribution in [0.15, 0.2) is 0 Å². The molecule has 8 nitrogen and oxygen atoms in total. The first-order valence-electron chi connectivity index (χ1n) is 6.73. The van der Waals surface area contributed by atoms with Crippen LogP contribution in [0.5, 0.6) is 0 Å². The third kappa shape index (κ3) is 5.05. The van der Waals surface area contributed by atoms with Gasteiger partial charge in [-0.05, 0) is 26.7 Å². The summed E-state index contributed by atoms with van der Waals surface area (Å²) in [6.45, 7) is 3.40. The number of carbonyl (C=O) groups is 4. The number of piperidine rings is 1. The van der Waals surface area contributed by atoms with Crippen molar-refractivity contribution in [2.45, 2.75) is 51.1 Å². The number of carbonyl (C=O) groups excluding carboxylic acids is 3. The van der Waals surface area contributed by atoms with Gasteiger partial charge in [0, 0.05) is 25.4 Å². The van der Waals surface area contributed by atoms with Crippen LogP contribution in [0.2, 0.25) is 0 Å². The van der Waals surface area contributed by atoms with E-state index in [-0.39, 0.29) is 31.6 Å². The summed E-state index contributed by atoms with van der Waals surface area (Å²) in [7, 11) is 1.38. The molecule has 1 unspecified atom stereocenters. The Morgan fingerprint density at radius 2 is 2.00 bits per heavy atom. The number of imide groups is 1. The highest BCUT2D eigenvalue weighted by molar-refractivity contribution is 6.01. The van der Waals surface area contributed by atoms with Gasteiger partial charge in [-0.2, -0.15) is 0 Å². The van der Waals surface area contributed by atoms with Crippen LogP contribution in [-0.2, 0) is 14.4 Å². The highest BCUT2D eigenvalue weighted by atomic mass is 16.4. The third-order valence-corrected chi connectivity index (χ3v) is 3.37. The number of carboxylic acids is 1. The Labute approximate surface area is 122 Å². The maximum Gasteiger partial charge on any atom is 0.315 e. The molecule has 0 spiro atoms. The van der Waals surface area contributed by atoms with Crippen molar-refractivity contribution in [3.05, 3.63) is 0 Å². The minimum Gasteiger partial charge on any atom is -0.481 e. The molecule has 1 aliphatic heterocycles. The maximum absolute atomic E-state index is 11.9. The number of rotatable bonds is 5. The number of hydrogen-bond donors (Lipinski definition) is 3. The van der Waals surface area contributed by atoms with E-state index in [9.17, 15) is 19.2 Å². The van der Waals surface area contributed by atoms with Gasteiger partial charge < -0.3 is 15.7 Å². The average molecular weight is 299 g/mol. The Morgan fingerprint density at radius 1 is 1.38 bits per heavy atom. The van der Waals surface area contributed by atoms with Gasteiger partial charge in [0.05, 0.1) is 0 Å². The van der Waals surface area contributed by atoms with Gasteiger partial charge >= 0.3 is 12.0 Å². The monoisotopic (exact) mass is 299 g/mol. The van der Waals surface area contributed by atoms with Crippen LogP contribution in [0.1, 0.15) is 39.5 Å². The number of aliphatic carboxylic acids is 1. The van der Waals surface area contributed by atoms with Crippen molar-refractivity contribution in [3.8, 4) is 0 Å². The van der Waals surface area contributed by atoms with Gasteiger partial charge in [-0.3, -0.25) is 19.3 Å². The maximum atomic E-state index is 11.9. The van der Waals surface area contributed by atoms with Crippen LogP contribution in [0, 0.1) is 0 Å². The van der Waals surface area contributed by atoms with E-state index in [2.05, 4.69) is 10.6 Å². The number of amides is 4. The number of hydrogen-bond acceptors (Lipinski definition) is 4. The summed E-state index contributed by atoms with van der Waals surface area (Å²) < 4.78 is 0. The second-order valence-electron chi connectivity index (χ2n) is 5.76. The van der Waals surface area contributed by atoms with Gasteiger partial charge in [0.25, 0.3) is 5.91 Å². The predicted octanol–water partition coefficient (Wildman–Crippen LogP) is 0.0764. The van der Waals surface area contributed by atoms with Crippen LogP contribution in [0.3, 0.4) is 0 Å². The van der Waals surface area contributed by atoms with Gasteiger partial charge in [0.15, 0.2) is 0 Å². The molecule has 3 N–H and O–H groups in total. The fourth-order valence-electron chi connectivity index (χ4n) is 2.03. The molecular weight excluding hydrogens is 278 g/mol. The van der Waals surface area contributed by atoms with E-state index in [0.717, 1.165) is 4.90 Å². The lowest BCUT2D eigenvalue weighted by Crippen LogP contribution is -2.57. The summed E-state index contributed by atoms with van der Waals surface area (Å²) in [4.78, 5) is 46.6. The first-order valence-corrected chi connectivity index (χ1v) is 6.73. The quantitative estimate of drug-likeness (QED) is 0.622. The van der Waals surface area contributed by atoms with Crippen LogP contribution in [0.25, 0.3) is 0 Å². The molecule has 0 aromatic rings. The van der Waals surface area contributed by atoms with Crippen molar-refractivity contribution < 1.29 is 24.3 Å². The second-order valence-corrected chi connectivity index (χ2v) is 5.76. The first kappa shape index (κ1) is 16.9. The van der Waals surface area contributed by atoms with Crippen molar-refractivity contribution in [2.75, 3.05) is 7.05 Å². The Kier molecular flexibility index (Phi) is 5.28. The number of nitrogens with zero attached hydrogens (tertiary/aromatic N) is 1. The zero-order valence-electron chi connectivity index (χ0n) is 12.4. The van der Waals surface area contributed by atoms with Crippen molar-refractivity contribution in [1.82, 2.24) is 15.5 Å². The molecule has 1 heterocycles. The molecule has 0 aliphatic carbocycles. The topological polar surface area (TPSA) is 116 Å². The minimum atomic E-state index is -0.937. The molecule has 0 aromatic heterocycles. The van der Waals surface area contributed by atoms with Crippen LogP contribution in [-0.4, -0.2) is 52.4 Å². The van der Waals surface area contributed by atoms with Crippen LogP contribution < -0.4 is 10.6 Å². The molecule has 21 heavy (non-hydrogen) atoms. The molecular formula is C13H21N3O5. The highest BCUT2D eigenvalue weighted by Gasteiger charge is 2.33. The van der Waals surface area contributed by atoms with E-state index in [0.29, 0.717) is 0 Å². The van der Waals surface area contributed by atoms with E-state index in [1.807, 2.05) is 0 Å². The van der Waals surface area contributed by atoms with Crippen molar-refractivity contribution in [1.29, 1.82) is 0 Å². The van der Waals surface area contributed by atoms with Gasteiger partial charge in [-0.15, -0.1) is 0 Å². The number of likely N-dealkylation sites (N-methyl/N-ethyl adjacent to an activating group) is 1. The van der Waals surface area contributed by atoms with Crippen molar-refractivity contribution >= 4 is 23.8 Å². The third-order valence-electron chi connectivity index (χ3n) is 3.37. The number of likely N-dealkylation sites (tertiary alicyclic amines) is 1. The van der Waals surface area contributed by atoms with E-state index in [1.54, 1.807) is 13.8 Å². The molecule has 0 radical (unpaired) electrons. The fourth-order valence-corrected chi connectivity index (χ4v) is 2.03. The number of urea groups is 1. The Bertz CT molecular complexity index is 461. The van der Waals surface area contributed by atoms with E-state index < -0.39 is 29.5 Å². The normalized spacial score (nSPS) is 19.4. The van der Waals surface area contributed by atoms with Crippen LogP contribution >= 0.6 is 0 Å². The molecule has 8 heteroatoms. The number of carboxylic acid groups (broad SMARTS) is 1. The molecule has 118 valence electrons. The standard InChI is InChI=1S/C13H21N3O5/c1-13(2,7-6-10(18)19)15-12(21)14-8-4-5-9(17)16(3)11(8)20/h8H,4-7H2,1-3H3,(H,18,19)(H2,14,15,21). The smallest absolute Gasteiger partial charge is 0.315 e. The largest absolute Gasteiger partial charge is 0.481 e. The van der Waals surface area contributed by atoms with Gasteiger partial charge in [0.1, 0.15) is 6.04 Å². The first-order chi connectivity index (χ1) is 9.62. The molecule has 0 bridgehead atoms.